The number of hydrogen-bond donors (Lipinski definition) is 1. The molecule has 2 aromatic rings. The van der Waals surface area contributed by atoms with Gasteiger partial charge in [-0.1, -0.05) is 35.4 Å². The number of nitriles is 1. The van der Waals surface area contributed by atoms with Gasteiger partial charge in [-0.05, 0) is 69.0 Å². The van der Waals surface area contributed by atoms with Gasteiger partial charge in [0.15, 0.2) is 0 Å². The number of aryl methyl sites for hydroxylation is 5. The van der Waals surface area contributed by atoms with Gasteiger partial charge in [-0.3, -0.25) is 4.79 Å². The Bertz CT molecular complexity index is 847. The third kappa shape index (κ3) is 3.91. The molecule has 0 saturated heterocycles. The van der Waals surface area contributed by atoms with E-state index < -0.39 is 0 Å². The maximum atomic E-state index is 12.5. The summed E-state index contributed by atoms with van der Waals surface area (Å²) in [7, 11) is 0. The molecule has 0 fully saturated rings. The molecular formula is C21H22N2O. The average Bonchev–Trinajstić information content (AvgIpc) is 2.49. The summed E-state index contributed by atoms with van der Waals surface area (Å²) in [5, 5.41) is 12.2. The summed E-state index contributed by atoms with van der Waals surface area (Å²) in [5.41, 5.74) is 7.14. The van der Waals surface area contributed by atoms with Crippen LogP contribution in [-0.4, -0.2) is 5.91 Å². The molecule has 2 rings (SSSR count). The average molecular weight is 318 g/mol. The lowest BCUT2D eigenvalue weighted by atomic mass is 9.98. The molecule has 0 radical (unpaired) electrons. The number of carbonyl (C=O) groups is 1. The summed E-state index contributed by atoms with van der Waals surface area (Å²) < 4.78 is 0. The molecule has 1 N–H and O–H groups in total. The van der Waals surface area contributed by atoms with E-state index in [2.05, 4.69) is 17.4 Å². The lowest BCUT2D eigenvalue weighted by molar-refractivity contribution is -0.112. The van der Waals surface area contributed by atoms with Crippen LogP contribution >= 0.6 is 0 Å². The molecule has 0 unspecified atom stereocenters. The highest BCUT2D eigenvalue weighted by molar-refractivity contribution is 6.10. The molecule has 0 bridgehead atoms. The normalized spacial score (nSPS) is 11.1. The topological polar surface area (TPSA) is 52.9 Å². The zero-order valence-electron chi connectivity index (χ0n) is 14.8. The van der Waals surface area contributed by atoms with Gasteiger partial charge >= 0.3 is 0 Å². The molecule has 3 nitrogen and oxygen atoms in total. The number of nitrogens with one attached hydrogen (secondary N) is 1. The van der Waals surface area contributed by atoms with E-state index in [0.29, 0.717) is 0 Å². The van der Waals surface area contributed by atoms with Gasteiger partial charge in [-0.2, -0.15) is 5.26 Å². The van der Waals surface area contributed by atoms with Crippen LogP contribution in [0.2, 0.25) is 0 Å². The van der Waals surface area contributed by atoms with Gasteiger partial charge in [-0.25, -0.2) is 0 Å². The van der Waals surface area contributed by atoms with Crippen molar-refractivity contribution in [1.82, 2.24) is 0 Å². The smallest absolute Gasteiger partial charge is 0.266 e. The Hall–Kier alpha value is -2.86. The Morgan fingerprint density at radius 1 is 0.958 bits per heavy atom. The fourth-order valence-corrected chi connectivity index (χ4v) is 2.86. The van der Waals surface area contributed by atoms with E-state index in [-0.39, 0.29) is 11.5 Å². The van der Waals surface area contributed by atoms with E-state index in [9.17, 15) is 10.1 Å². The zero-order chi connectivity index (χ0) is 17.9. The van der Waals surface area contributed by atoms with E-state index in [4.69, 9.17) is 0 Å². The lowest BCUT2D eigenvalue weighted by Crippen LogP contribution is -2.14. The third-order valence-corrected chi connectivity index (χ3v) is 4.02. The summed E-state index contributed by atoms with van der Waals surface area (Å²) in [4.78, 5) is 12.5. The van der Waals surface area contributed by atoms with E-state index in [1.165, 1.54) is 5.56 Å². The first-order chi connectivity index (χ1) is 11.3. The predicted molar refractivity (Wildman–Crippen MR) is 98.8 cm³/mol. The molecule has 0 aromatic heterocycles. The van der Waals surface area contributed by atoms with E-state index in [1.54, 1.807) is 6.08 Å². The first-order valence-corrected chi connectivity index (χ1v) is 7.90. The SMILES string of the molecule is Cc1ccc(NC(=O)/C(C#N)=C/c2c(C)cc(C)cc2C)c(C)c1. The van der Waals surface area contributed by atoms with Crippen molar-refractivity contribution < 1.29 is 4.79 Å². The van der Waals surface area contributed by atoms with Crippen molar-refractivity contribution in [1.29, 1.82) is 5.26 Å². The van der Waals surface area contributed by atoms with Gasteiger partial charge in [-0.15, -0.1) is 0 Å². The maximum Gasteiger partial charge on any atom is 0.266 e. The van der Waals surface area contributed by atoms with Gasteiger partial charge in [0.1, 0.15) is 11.6 Å². The third-order valence-electron chi connectivity index (χ3n) is 4.02. The molecule has 122 valence electrons. The van der Waals surface area contributed by atoms with Crippen LogP contribution in [0.25, 0.3) is 6.08 Å². The molecule has 0 saturated carbocycles. The molecule has 0 heterocycles. The fourth-order valence-electron chi connectivity index (χ4n) is 2.86. The number of benzene rings is 2. The second-order valence-corrected chi connectivity index (χ2v) is 6.25. The van der Waals surface area contributed by atoms with Crippen molar-refractivity contribution in [3.05, 3.63) is 69.3 Å². The standard InChI is InChI=1S/C21H22N2O/c1-13-6-7-20(17(5)8-13)23-21(24)18(12-22)11-19-15(3)9-14(2)10-16(19)4/h6-11H,1-5H3,(H,23,24)/b18-11+. The van der Waals surface area contributed by atoms with Gasteiger partial charge in [0.2, 0.25) is 0 Å². The minimum atomic E-state index is -0.385. The van der Waals surface area contributed by atoms with Gasteiger partial charge in [0.05, 0.1) is 0 Å². The lowest BCUT2D eigenvalue weighted by Gasteiger charge is -2.10. The highest BCUT2D eigenvalue weighted by Crippen LogP contribution is 2.21. The molecule has 0 atom stereocenters. The van der Waals surface area contributed by atoms with Crippen LogP contribution in [0, 0.1) is 45.9 Å². The van der Waals surface area contributed by atoms with Crippen LogP contribution in [0.5, 0.6) is 0 Å². The summed E-state index contributed by atoms with van der Waals surface area (Å²) in [6, 6.07) is 11.9. The number of anilines is 1. The maximum absolute atomic E-state index is 12.5. The van der Waals surface area contributed by atoms with Crippen LogP contribution < -0.4 is 5.32 Å². The number of carbonyl (C=O) groups excluding carboxylic acids is 1. The van der Waals surface area contributed by atoms with Crippen molar-refractivity contribution >= 4 is 17.7 Å². The van der Waals surface area contributed by atoms with E-state index in [1.807, 2.05) is 58.9 Å². The second-order valence-electron chi connectivity index (χ2n) is 6.25. The summed E-state index contributed by atoms with van der Waals surface area (Å²) >= 11 is 0. The quantitative estimate of drug-likeness (QED) is 0.654. The van der Waals surface area contributed by atoms with Gasteiger partial charge < -0.3 is 5.32 Å². The Morgan fingerprint density at radius 3 is 2.08 bits per heavy atom. The predicted octanol–water partition coefficient (Wildman–Crippen LogP) is 4.77. The molecular weight excluding hydrogens is 296 g/mol. The molecule has 3 heteroatoms. The minimum absolute atomic E-state index is 0.102. The van der Waals surface area contributed by atoms with Crippen LogP contribution in [0.4, 0.5) is 5.69 Å². The number of amides is 1. The Kier molecular flexibility index (Phi) is 5.21. The summed E-state index contributed by atoms with van der Waals surface area (Å²) in [6.07, 6.45) is 1.67. The number of nitrogens with zero attached hydrogens (tertiary/aromatic N) is 1. The summed E-state index contributed by atoms with van der Waals surface area (Å²) in [5.74, 6) is -0.385. The Balaban J connectivity index is 2.35. The van der Waals surface area contributed by atoms with Crippen LogP contribution in [0.1, 0.15) is 33.4 Å². The van der Waals surface area contributed by atoms with Gasteiger partial charge in [0, 0.05) is 5.69 Å². The molecule has 0 spiro atoms. The summed E-state index contributed by atoms with van der Waals surface area (Å²) in [6.45, 7) is 9.95. The van der Waals surface area contributed by atoms with Crippen molar-refractivity contribution in [2.75, 3.05) is 5.32 Å². The van der Waals surface area contributed by atoms with Crippen LogP contribution in [0.3, 0.4) is 0 Å². The monoisotopic (exact) mass is 318 g/mol. The van der Waals surface area contributed by atoms with Crippen molar-refractivity contribution in [2.24, 2.45) is 0 Å². The molecule has 0 aliphatic heterocycles. The molecule has 24 heavy (non-hydrogen) atoms. The zero-order valence-corrected chi connectivity index (χ0v) is 14.8. The van der Waals surface area contributed by atoms with E-state index >= 15 is 0 Å². The van der Waals surface area contributed by atoms with Crippen LogP contribution in [-0.2, 0) is 4.79 Å². The van der Waals surface area contributed by atoms with Crippen molar-refractivity contribution in [2.45, 2.75) is 34.6 Å². The highest BCUT2D eigenvalue weighted by atomic mass is 16.1. The van der Waals surface area contributed by atoms with Crippen molar-refractivity contribution in [3.63, 3.8) is 0 Å². The van der Waals surface area contributed by atoms with Gasteiger partial charge in [0.25, 0.3) is 5.91 Å². The minimum Gasteiger partial charge on any atom is -0.321 e. The number of hydrogen-bond acceptors (Lipinski definition) is 2. The number of rotatable bonds is 3. The molecule has 2 aromatic carbocycles. The van der Waals surface area contributed by atoms with E-state index in [0.717, 1.165) is 33.5 Å². The first kappa shape index (κ1) is 17.5. The highest BCUT2D eigenvalue weighted by Gasteiger charge is 2.12. The first-order valence-electron chi connectivity index (χ1n) is 7.90. The second kappa shape index (κ2) is 7.14. The molecule has 1 amide bonds. The van der Waals surface area contributed by atoms with Crippen LogP contribution in [0.15, 0.2) is 35.9 Å². The largest absolute Gasteiger partial charge is 0.321 e. The fraction of sp³-hybridized carbons (Fsp3) is 0.238. The molecule has 0 aliphatic carbocycles. The van der Waals surface area contributed by atoms with Crippen molar-refractivity contribution in [3.8, 4) is 6.07 Å². The molecule has 0 aliphatic rings. The Morgan fingerprint density at radius 2 is 1.54 bits per heavy atom. The Labute approximate surface area is 143 Å².